The molecule has 2 rings (SSSR count). The van der Waals surface area contributed by atoms with Crippen LogP contribution in [0.15, 0.2) is 36.4 Å². The number of halogens is 2. The van der Waals surface area contributed by atoms with Crippen molar-refractivity contribution in [1.29, 1.82) is 0 Å². The maximum atomic E-state index is 13.5. The van der Waals surface area contributed by atoms with Crippen molar-refractivity contribution in [1.82, 2.24) is 0 Å². The van der Waals surface area contributed by atoms with Crippen LogP contribution in [0, 0.1) is 18.6 Å². The van der Waals surface area contributed by atoms with Gasteiger partial charge in [-0.15, -0.1) is 0 Å². The molecule has 0 amide bonds. The summed E-state index contributed by atoms with van der Waals surface area (Å²) in [6.07, 6.45) is 0. The second-order valence-electron chi connectivity index (χ2n) is 4.29. The Morgan fingerprint density at radius 3 is 2.45 bits per heavy atom. The lowest BCUT2D eigenvalue weighted by Gasteiger charge is -2.11. The highest BCUT2D eigenvalue weighted by molar-refractivity contribution is 5.90. The van der Waals surface area contributed by atoms with E-state index in [1.54, 1.807) is 13.0 Å². The lowest BCUT2D eigenvalue weighted by Crippen LogP contribution is -2.06. The quantitative estimate of drug-likeness (QED) is 0.930. The van der Waals surface area contributed by atoms with E-state index >= 15 is 0 Å². The van der Waals surface area contributed by atoms with Crippen LogP contribution < -0.4 is 4.74 Å². The highest BCUT2D eigenvalue weighted by atomic mass is 19.1. The lowest BCUT2D eigenvalue weighted by molar-refractivity contribution is 0.0691. The largest absolute Gasteiger partial charge is 0.488 e. The Balaban J connectivity index is 2.27. The summed E-state index contributed by atoms with van der Waals surface area (Å²) in [4.78, 5) is 11.1. The highest BCUT2D eigenvalue weighted by Gasteiger charge is 2.14. The van der Waals surface area contributed by atoms with E-state index in [9.17, 15) is 13.6 Å². The zero-order valence-corrected chi connectivity index (χ0v) is 10.7. The maximum Gasteiger partial charge on any atom is 0.339 e. The van der Waals surface area contributed by atoms with Gasteiger partial charge in [-0.05, 0) is 36.8 Å². The molecule has 0 heterocycles. The van der Waals surface area contributed by atoms with Crippen molar-refractivity contribution in [2.24, 2.45) is 0 Å². The van der Waals surface area contributed by atoms with E-state index in [4.69, 9.17) is 9.84 Å². The van der Waals surface area contributed by atoms with Crippen molar-refractivity contribution in [3.05, 3.63) is 64.7 Å². The predicted octanol–water partition coefficient (Wildman–Crippen LogP) is 3.55. The van der Waals surface area contributed by atoms with Gasteiger partial charge in [0.25, 0.3) is 0 Å². The van der Waals surface area contributed by atoms with Crippen LogP contribution in [0.5, 0.6) is 5.75 Å². The number of hydrogen-bond donors (Lipinski definition) is 1. The molecule has 3 nitrogen and oxygen atoms in total. The normalized spacial score (nSPS) is 10.3. The molecule has 0 unspecified atom stereocenters. The summed E-state index contributed by atoms with van der Waals surface area (Å²) >= 11 is 0. The Hall–Kier alpha value is -2.43. The number of aromatic carboxylic acids is 1. The van der Waals surface area contributed by atoms with Gasteiger partial charge in [-0.1, -0.05) is 12.1 Å². The smallest absolute Gasteiger partial charge is 0.339 e. The zero-order valence-electron chi connectivity index (χ0n) is 10.7. The van der Waals surface area contributed by atoms with Gasteiger partial charge in [-0.25, -0.2) is 13.6 Å². The van der Waals surface area contributed by atoms with E-state index in [2.05, 4.69) is 0 Å². The number of hydrogen-bond acceptors (Lipinski definition) is 2. The van der Waals surface area contributed by atoms with Gasteiger partial charge < -0.3 is 9.84 Å². The van der Waals surface area contributed by atoms with E-state index in [0.717, 1.165) is 17.7 Å². The number of rotatable bonds is 4. The Morgan fingerprint density at radius 2 is 1.85 bits per heavy atom. The summed E-state index contributed by atoms with van der Waals surface area (Å²) < 4.78 is 32.2. The first-order valence-electron chi connectivity index (χ1n) is 5.88. The summed E-state index contributed by atoms with van der Waals surface area (Å²) in [7, 11) is 0. The number of ether oxygens (including phenoxy) is 1. The molecule has 0 atom stereocenters. The Morgan fingerprint density at radius 1 is 1.20 bits per heavy atom. The van der Waals surface area contributed by atoms with Gasteiger partial charge in [0.05, 0.1) is 5.56 Å². The Labute approximate surface area is 114 Å². The third-order valence-corrected chi connectivity index (χ3v) is 2.80. The molecule has 0 spiro atoms. The third kappa shape index (κ3) is 2.93. The molecule has 0 aliphatic carbocycles. The number of carboxylic acid groups (broad SMARTS) is 1. The van der Waals surface area contributed by atoms with Crippen molar-refractivity contribution < 1.29 is 23.4 Å². The monoisotopic (exact) mass is 278 g/mol. The van der Waals surface area contributed by atoms with Crippen LogP contribution >= 0.6 is 0 Å². The minimum atomic E-state index is -1.16. The highest BCUT2D eigenvalue weighted by Crippen LogP contribution is 2.23. The summed E-state index contributed by atoms with van der Waals surface area (Å²) in [5.41, 5.74) is 0.511. The summed E-state index contributed by atoms with van der Waals surface area (Å²) in [5.74, 6) is -2.53. The molecule has 0 bridgehead atoms. The standard InChI is InChI=1S/C15H12F2O3/c1-9-5-6-10(15(18)19)14(7-9)20-8-11-12(16)3-2-4-13(11)17/h2-7H,8H2,1H3,(H,18,19). The van der Waals surface area contributed by atoms with Crippen molar-refractivity contribution in [2.75, 3.05) is 0 Å². The molecule has 2 aromatic carbocycles. The van der Waals surface area contributed by atoms with E-state index < -0.39 is 17.6 Å². The van der Waals surface area contributed by atoms with Gasteiger partial charge in [0.2, 0.25) is 0 Å². The van der Waals surface area contributed by atoms with Gasteiger partial charge >= 0.3 is 5.97 Å². The van der Waals surface area contributed by atoms with E-state index in [0.29, 0.717) is 0 Å². The van der Waals surface area contributed by atoms with Gasteiger partial charge in [0, 0.05) is 0 Å². The van der Waals surface area contributed by atoms with Crippen LogP contribution in [0.25, 0.3) is 0 Å². The van der Waals surface area contributed by atoms with Gasteiger partial charge in [0.1, 0.15) is 29.6 Å². The van der Waals surface area contributed by atoms with Crippen LogP contribution in [-0.2, 0) is 6.61 Å². The van der Waals surface area contributed by atoms with Crippen LogP contribution in [0.4, 0.5) is 8.78 Å². The summed E-state index contributed by atoms with van der Waals surface area (Å²) in [6.45, 7) is 1.39. The molecule has 1 N–H and O–H groups in total. The molecule has 104 valence electrons. The molecule has 2 aromatic rings. The van der Waals surface area contributed by atoms with Crippen LogP contribution in [0.1, 0.15) is 21.5 Å². The fraction of sp³-hybridized carbons (Fsp3) is 0.133. The van der Waals surface area contributed by atoms with Crippen molar-refractivity contribution in [3.8, 4) is 5.75 Å². The first kappa shape index (κ1) is 14.0. The molecule has 5 heteroatoms. The summed E-state index contributed by atoms with van der Waals surface area (Å²) in [5, 5.41) is 9.03. The molecule has 0 saturated heterocycles. The SMILES string of the molecule is Cc1ccc(C(=O)O)c(OCc2c(F)cccc2F)c1. The molecule has 0 saturated carbocycles. The summed E-state index contributed by atoms with van der Waals surface area (Å²) in [6, 6.07) is 8.03. The zero-order chi connectivity index (χ0) is 14.7. The second kappa shape index (κ2) is 5.69. The van der Waals surface area contributed by atoms with Crippen LogP contribution in [-0.4, -0.2) is 11.1 Å². The van der Waals surface area contributed by atoms with Crippen molar-refractivity contribution >= 4 is 5.97 Å². The molecular formula is C15H12F2O3. The number of benzene rings is 2. The molecule has 0 aromatic heterocycles. The number of carboxylic acids is 1. The Bertz CT molecular complexity index is 633. The lowest BCUT2D eigenvalue weighted by atomic mass is 10.1. The molecule has 0 radical (unpaired) electrons. The van der Waals surface area contributed by atoms with Gasteiger partial charge in [0.15, 0.2) is 0 Å². The molecule has 20 heavy (non-hydrogen) atoms. The Kier molecular flexibility index (Phi) is 3.98. The number of carbonyl (C=O) groups is 1. The van der Waals surface area contributed by atoms with E-state index in [1.165, 1.54) is 18.2 Å². The van der Waals surface area contributed by atoms with E-state index in [-0.39, 0.29) is 23.5 Å². The van der Waals surface area contributed by atoms with Crippen LogP contribution in [0.3, 0.4) is 0 Å². The average Bonchev–Trinajstić information content (AvgIpc) is 2.37. The third-order valence-electron chi connectivity index (χ3n) is 2.80. The molecule has 0 aliphatic rings. The van der Waals surface area contributed by atoms with Gasteiger partial charge in [-0.2, -0.15) is 0 Å². The van der Waals surface area contributed by atoms with E-state index in [1.807, 2.05) is 0 Å². The second-order valence-corrected chi connectivity index (χ2v) is 4.29. The topological polar surface area (TPSA) is 46.5 Å². The predicted molar refractivity (Wildman–Crippen MR) is 68.8 cm³/mol. The fourth-order valence-corrected chi connectivity index (χ4v) is 1.75. The average molecular weight is 278 g/mol. The molecule has 0 fully saturated rings. The minimum Gasteiger partial charge on any atom is -0.488 e. The first-order chi connectivity index (χ1) is 9.49. The van der Waals surface area contributed by atoms with Crippen LogP contribution in [0.2, 0.25) is 0 Å². The fourth-order valence-electron chi connectivity index (χ4n) is 1.75. The molecule has 0 aliphatic heterocycles. The first-order valence-corrected chi connectivity index (χ1v) is 5.88. The minimum absolute atomic E-state index is 0.0488. The number of aryl methyl sites for hydroxylation is 1. The van der Waals surface area contributed by atoms with Gasteiger partial charge in [-0.3, -0.25) is 0 Å². The van der Waals surface area contributed by atoms with Crippen molar-refractivity contribution in [3.63, 3.8) is 0 Å². The maximum absolute atomic E-state index is 13.5. The van der Waals surface area contributed by atoms with Crippen molar-refractivity contribution in [2.45, 2.75) is 13.5 Å². The molecular weight excluding hydrogens is 266 g/mol.